The Morgan fingerprint density at radius 1 is 1.23 bits per heavy atom. The van der Waals surface area contributed by atoms with E-state index in [9.17, 15) is 9.90 Å². The van der Waals surface area contributed by atoms with Crippen LogP contribution in [0.25, 0.3) is 11.3 Å². The number of hydrogen-bond donors (Lipinski definition) is 3. The largest absolute Gasteiger partial charge is 0.508 e. The van der Waals surface area contributed by atoms with E-state index in [1.54, 1.807) is 13.2 Å². The van der Waals surface area contributed by atoms with Gasteiger partial charge in [0.2, 0.25) is 5.91 Å². The van der Waals surface area contributed by atoms with Gasteiger partial charge in [-0.15, -0.1) is 0 Å². The minimum atomic E-state index is -0.141. The zero-order chi connectivity index (χ0) is 18.3. The number of aromatic hydroxyl groups is 1. The molecule has 0 fully saturated rings. The number of nitrogens with zero attached hydrogens (tertiary/aromatic N) is 1. The van der Waals surface area contributed by atoms with E-state index in [0.717, 1.165) is 33.7 Å². The molecule has 2 aromatic carbocycles. The predicted octanol–water partition coefficient (Wildman–Crippen LogP) is 3.57. The van der Waals surface area contributed by atoms with Crippen LogP contribution in [0.1, 0.15) is 29.0 Å². The molecule has 6 heteroatoms. The number of benzene rings is 2. The van der Waals surface area contributed by atoms with E-state index in [1.807, 2.05) is 43.3 Å². The molecule has 0 spiro atoms. The molecule has 3 N–H and O–H groups in total. The molecule has 1 aliphatic heterocycles. The fourth-order valence-electron chi connectivity index (χ4n) is 3.43. The Balaban J connectivity index is 1.86. The standard InChI is InChI=1S/C20H19N3O3/c1-11-8-12(6-7-16(11)24)15-10-17(25)21-20-18(15)19(22-23-20)13-4-3-5-14(9-13)26-2/h3-9,15,24H,10H2,1-2H3,(H2,21,22,23,25)/t15-/m0/s1. The summed E-state index contributed by atoms with van der Waals surface area (Å²) in [5.74, 6) is 1.34. The first-order valence-electron chi connectivity index (χ1n) is 8.39. The van der Waals surface area contributed by atoms with Crippen LogP contribution in [0, 0.1) is 6.92 Å². The molecule has 2 heterocycles. The van der Waals surface area contributed by atoms with Crippen LogP contribution in [0.4, 0.5) is 5.82 Å². The summed E-state index contributed by atoms with van der Waals surface area (Å²) in [5, 5.41) is 20.0. The predicted molar refractivity (Wildman–Crippen MR) is 98.5 cm³/mol. The summed E-state index contributed by atoms with van der Waals surface area (Å²) < 4.78 is 5.32. The van der Waals surface area contributed by atoms with E-state index in [0.29, 0.717) is 12.2 Å². The normalized spacial score (nSPS) is 16.1. The lowest BCUT2D eigenvalue weighted by molar-refractivity contribution is -0.116. The third-order valence-corrected chi connectivity index (χ3v) is 4.78. The number of amides is 1. The smallest absolute Gasteiger partial charge is 0.226 e. The number of rotatable bonds is 3. The summed E-state index contributed by atoms with van der Waals surface area (Å²) in [6, 6.07) is 13.2. The number of H-pyrrole nitrogens is 1. The van der Waals surface area contributed by atoms with Gasteiger partial charge in [0.1, 0.15) is 11.5 Å². The maximum absolute atomic E-state index is 12.2. The molecule has 0 saturated heterocycles. The molecule has 132 valence electrons. The van der Waals surface area contributed by atoms with E-state index < -0.39 is 0 Å². The number of ether oxygens (including phenoxy) is 1. The highest BCUT2D eigenvalue weighted by Crippen LogP contribution is 2.42. The minimum absolute atomic E-state index is 0.0723. The number of aromatic amines is 1. The fraction of sp³-hybridized carbons (Fsp3) is 0.200. The van der Waals surface area contributed by atoms with Gasteiger partial charge in [0.15, 0.2) is 5.82 Å². The average Bonchev–Trinajstić information content (AvgIpc) is 3.07. The second-order valence-electron chi connectivity index (χ2n) is 6.44. The van der Waals surface area contributed by atoms with Crippen LogP contribution in [0.2, 0.25) is 0 Å². The Hall–Kier alpha value is -3.28. The second-order valence-corrected chi connectivity index (χ2v) is 6.44. The zero-order valence-corrected chi connectivity index (χ0v) is 14.5. The molecular weight excluding hydrogens is 330 g/mol. The molecule has 6 nitrogen and oxygen atoms in total. The number of aryl methyl sites for hydroxylation is 1. The second kappa shape index (κ2) is 6.22. The lowest BCUT2D eigenvalue weighted by Gasteiger charge is -2.24. The van der Waals surface area contributed by atoms with Crippen molar-refractivity contribution in [3.05, 3.63) is 59.2 Å². The van der Waals surface area contributed by atoms with E-state index in [2.05, 4.69) is 15.5 Å². The SMILES string of the molecule is COc1cccc(-c2[nH]nc3c2[C@H](c2ccc(O)c(C)c2)CC(=O)N3)c1. The van der Waals surface area contributed by atoms with Crippen LogP contribution in [0.3, 0.4) is 0 Å². The third-order valence-electron chi connectivity index (χ3n) is 4.78. The summed E-state index contributed by atoms with van der Waals surface area (Å²) in [7, 11) is 1.63. The number of methoxy groups -OCH3 is 1. The molecule has 0 aliphatic carbocycles. The number of phenolic OH excluding ortho intramolecular Hbond substituents is 1. The Kier molecular flexibility index (Phi) is 3.88. The summed E-state index contributed by atoms with van der Waals surface area (Å²) in [5.41, 5.74) is 4.50. The zero-order valence-electron chi connectivity index (χ0n) is 14.5. The van der Waals surface area contributed by atoms with Crippen molar-refractivity contribution in [2.45, 2.75) is 19.3 Å². The fourth-order valence-corrected chi connectivity index (χ4v) is 3.43. The van der Waals surface area contributed by atoms with E-state index in [-0.39, 0.29) is 17.6 Å². The number of carbonyl (C=O) groups excluding carboxylic acids is 1. The third kappa shape index (κ3) is 2.69. The van der Waals surface area contributed by atoms with Crippen molar-refractivity contribution in [1.82, 2.24) is 10.2 Å². The van der Waals surface area contributed by atoms with Gasteiger partial charge in [-0.1, -0.05) is 24.3 Å². The van der Waals surface area contributed by atoms with Gasteiger partial charge in [-0.3, -0.25) is 9.89 Å². The van der Waals surface area contributed by atoms with Gasteiger partial charge in [-0.25, -0.2) is 0 Å². The first-order valence-corrected chi connectivity index (χ1v) is 8.39. The van der Waals surface area contributed by atoms with Crippen molar-refractivity contribution < 1.29 is 14.6 Å². The van der Waals surface area contributed by atoms with E-state index in [1.165, 1.54) is 0 Å². The van der Waals surface area contributed by atoms with Gasteiger partial charge in [0.05, 0.1) is 12.8 Å². The summed E-state index contributed by atoms with van der Waals surface area (Å²) in [4.78, 5) is 12.2. The van der Waals surface area contributed by atoms with Crippen LogP contribution in [0.15, 0.2) is 42.5 Å². The van der Waals surface area contributed by atoms with Crippen molar-refractivity contribution in [3.63, 3.8) is 0 Å². The van der Waals surface area contributed by atoms with Crippen LogP contribution in [-0.2, 0) is 4.79 Å². The van der Waals surface area contributed by atoms with Crippen molar-refractivity contribution in [2.75, 3.05) is 12.4 Å². The molecule has 0 saturated carbocycles. The number of fused-ring (bicyclic) bond motifs is 1. The maximum Gasteiger partial charge on any atom is 0.226 e. The van der Waals surface area contributed by atoms with Crippen LogP contribution in [-0.4, -0.2) is 28.3 Å². The van der Waals surface area contributed by atoms with Crippen molar-refractivity contribution >= 4 is 11.7 Å². The van der Waals surface area contributed by atoms with Gasteiger partial charge in [-0.2, -0.15) is 5.10 Å². The van der Waals surface area contributed by atoms with Crippen LogP contribution in [0.5, 0.6) is 11.5 Å². The molecule has 3 aromatic rings. The summed E-state index contributed by atoms with van der Waals surface area (Å²) in [6.07, 6.45) is 0.327. The minimum Gasteiger partial charge on any atom is -0.508 e. The van der Waals surface area contributed by atoms with Gasteiger partial charge >= 0.3 is 0 Å². The Morgan fingerprint density at radius 3 is 2.85 bits per heavy atom. The molecular formula is C20H19N3O3. The molecule has 4 rings (SSSR count). The topological polar surface area (TPSA) is 87.2 Å². The Bertz CT molecular complexity index is 994. The Labute approximate surface area is 150 Å². The van der Waals surface area contributed by atoms with Crippen molar-refractivity contribution in [2.24, 2.45) is 0 Å². The quantitative estimate of drug-likeness (QED) is 0.674. The van der Waals surface area contributed by atoms with Gasteiger partial charge in [0.25, 0.3) is 0 Å². The van der Waals surface area contributed by atoms with Crippen LogP contribution >= 0.6 is 0 Å². The van der Waals surface area contributed by atoms with Gasteiger partial charge < -0.3 is 15.2 Å². The summed E-state index contributed by atoms with van der Waals surface area (Å²) in [6.45, 7) is 1.85. The first kappa shape index (κ1) is 16.2. The number of aromatic nitrogens is 2. The first-order chi connectivity index (χ1) is 12.6. The van der Waals surface area contributed by atoms with E-state index >= 15 is 0 Å². The van der Waals surface area contributed by atoms with Crippen LogP contribution < -0.4 is 10.1 Å². The lowest BCUT2D eigenvalue weighted by Crippen LogP contribution is -2.23. The number of nitrogens with one attached hydrogen (secondary N) is 2. The monoisotopic (exact) mass is 349 g/mol. The lowest BCUT2D eigenvalue weighted by atomic mass is 9.84. The number of hydrogen-bond acceptors (Lipinski definition) is 4. The highest BCUT2D eigenvalue weighted by molar-refractivity contribution is 5.96. The maximum atomic E-state index is 12.2. The van der Waals surface area contributed by atoms with Crippen molar-refractivity contribution in [1.29, 1.82) is 0 Å². The number of carbonyl (C=O) groups is 1. The number of anilines is 1. The molecule has 1 atom stereocenters. The summed E-state index contributed by atoms with van der Waals surface area (Å²) >= 11 is 0. The molecule has 1 amide bonds. The highest BCUT2D eigenvalue weighted by Gasteiger charge is 2.32. The molecule has 26 heavy (non-hydrogen) atoms. The average molecular weight is 349 g/mol. The number of phenols is 1. The van der Waals surface area contributed by atoms with E-state index in [4.69, 9.17) is 4.74 Å². The van der Waals surface area contributed by atoms with Gasteiger partial charge in [-0.05, 0) is 36.2 Å². The molecule has 1 aromatic heterocycles. The highest BCUT2D eigenvalue weighted by atomic mass is 16.5. The molecule has 1 aliphatic rings. The Morgan fingerprint density at radius 2 is 2.08 bits per heavy atom. The molecule has 0 bridgehead atoms. The van der Waals surface area contributed by atoms with Gasteiger partial charge in [0, 0.05) is 23.5 Å². The molecule has 0 unspecified atom stereocenters. The molecule has 0 radical (unpaired) electrons. The van der Waals surface area contributed by atoms with Crippen molar-refractivity contribution in [3.8, 4) is 22.8 Å².